The van der Waals surface area contributed by atoms with Crippen LogP contribution in [0, 0.1) is 17.0 Å². The van der Waals surface area contributed by atoms with E-state index in [1.807, 2.05) is 0 Å². The molecule has 0 aromatic heterocycles. The molecule has 17 heavy (non-hydrogen) atoms. The second-order valence-electron chi connectivity index (χ2n) is 5.14. The lowest BCUT2D eigenvalue weighted by Gasteiger charge is -2.48. The van der Waals surface area contributed by atoms with Gasteiger partial charge < -0.3 is 9.84 Å². The van der Waals surface area contributed by atoms with E-state index in [1.165, 1.54) is 12.1 Å². The molecule has 92 valence electrons. The molecule has 2 fully saturated rings. The van der Waals surface area contributed by atoms with Crippen molar-refractivity contribution < 1.29 is 18.6 Å². The van der Waals surface area contributed by atoms with Gasteiger partial charge in [-0.2, -0.15) is 0 Å². The van der Waals surface area contributed by atoms with Crippen LogP contribution in [0.4, 0.5) is 8.78 Å². The number of rotatable bonds is 3. The first-order valence-corrected chi connectivity index (χ1v) is 5.78. The minimum Gasteiger partial charge on any atom is -0.396 e. The van der Waals surface area contributed by atoms with Gasteiger partial charge in [-0.25, -0.2) is 8.78 Å². The van der Waals surface area contributed by atoms with E-state index in [0.717, 1.165) is 18.9 Å². The normalized spacial score (nSPS) is 24.2. The fourth-order valence-corrected chi connectivity index (χ4v) is 2.87. The van der Waals surface area contributed by atoms with E-state index in [2.05, 4.69) is 0 Å². The Morgan fingerprint density at radius 3 is 2.35 bits per heavy atom. The molecule has 1 saturated carbocycles. The van der Waals surface area contributed by atoms with Crippen molar-refractivity contribution in [1.82, 2.24) is 0 Å². The molecule has 0 unspecified atom stereocenters. The van der Waals surface area contributed by atoms with E-state index in [9.17, 15) is 13.9 Å². The summed E-state index contributed by atoms with van der Waals surface area (Å²) in [4.78, 5) is 0. The molecule has 0 bridgehead atoms. The van der Waals surface area contributed by atoms with Crippen LogP contribution >= 0.6 is 0 Å². The van der Waals surface area contributed by atoms with Gasteiger partial charge in [0.15, 0.2) is 0 Å². The quantitative estimate of drug-likeness (QED) is 0.875. The lowest BCUT2D eigenvalue weighted by Crippen LogP contribution is -2.55. The zero-order chi connectivity index (χ0) is 12.1. The smallest absolute Gasteiger partial charge is 0.130 e. The third kappa shape index (κ3) is 1.37. The van der Waals surface area contributed by atoms with E-state index in [1.54, 1.807) is 0 Å². The number of benzene rings is 1. The molecule has 3 rings (SSSR count). The van der Waals surface area contributed by atoms with E-state index >= 15 is 0 Å². The molecule has 1 N–H and O–H groups in total. The maximum atomic E-state index is 13.9. The number of aliphatic hydroxyl groups excluding tert-OH is 1. The summed E-state index contributed by atoms with van der Waals surface area (Å²) in [5.74, 6) is -1.11. The van der Waals surface area contributed by atoms with Crippen LogP contribution in [0.15, 0.2) is 18.2 Å². The topological polar surface area (TPSA) is 29.5 Å². The van der Waals surface area contributed by atoms with E-state index in [4.69, 9.17) is 4.74 Å². The predicted molar refractivity (Wildman–Crippen MR) is 57.6 cm³/mol. The summed E-state index contributed by atoms with van der Waals surface area (Å²) < 4.78 is 32.0. The third-order valence-electron chi connectivity index (χ3n) is 4.32. The molecule has 0 amide bonds. The van der Waals surface area contributed by atoms with Crippen LogP contribution in [0.5, 0.6) is 0 Å². The monoisotopic (exact) mass is 240 g/mol. The molecule has 0 radical (unpaired) electrons. The van der Waals surface area contributed by atoms with Crippen molar-refractivity contribution in [3.63, 3.8) is 0 Å². The van der Waals surface area contributed by atoms with Gasteiger partial charge in [-0.3, -0.25) is 0 Å². The molecule has 1 aromatic carbocycles. The van der Waals surface area contributed by atoms with E-state index < -0.39 is 17.0 Å². The van der Waals surface area contributed by atoms with Crippen LogP contribution in [0.25, 0.3) is 0 Å². The van der Waals surface area contributed by atoms with Crippen molar-refractivity contribution in [2.75, 3.05) is 19.8 Å². The second-order valence-corrected chi connectivity index (χ2v) is 5.14. The standard InChI is InChI=1S/C13H14F2O2/c14-9-1-2-10(11(15)5-9)13(7-17-8-13)12(6-16)3-4-12/h1-2,5,16H,3-4,6-8H2. The van der Waals surface area contributed by atoms with Gasteiger partial charge in [0, 0.05) is 18.1 Å². The molecular weight excluding hydrogens is 226 g/mol. The van der Waals surface area contributed by atoms with Gasteiger partial charge in [-0.1, -0.05) is 6.07 Å². The zero-order valence-electron chi connectivity index (χ0n) is 9.38. The Labute approximate surface area is 98.2 Å². The van der Waals surface area contributed by atoms with Crippen LogP contribution < -0.4 is 0 Å². The number of halogens is 2. The summed E-state index contributed by atoms with van der Waals surface area (Å²) in [5.41, 5.74) is -0.236. The SMILES string of the molecule is OCC1(C2(c3ccc(F)cc3F)COC2)CC1. The van der Waals surface area contributed by atoms with Gasteiger partial charge in [0.1, 0.15) is 11.6 Å². The summed E-state index contributed by atoms with van der Waals surface area (Å²) in [6.07, 6.45) is 1.76. The molecule has 1 aromatic rings. The predicted octanol–water partition coefficient (Wildman–Crippen LogP) is 2.01. The molecule has 4 heteroatoms. The van der Waals surface area contributed by atoms with Crippen LogP contribution in [-0.2, 0) is 10.2 Å². The summed E-state index contributed by atoms with van der Waals surface area (Å²) in [7, 11) is 0. The minimum absolute atomic E-state index is 0.0349. The lowest BCUT2D eigenvalue weighted by atomic mass is 9.66. The van der Waals surface area contributed by atoms with Gasteiger partial charge in [0.25, 0.3) is 0 Å². The maximum Gasteiger partial charge on any atom is 0.130 e. The van der Waals surface area contributed by atoms with Gasteiger partial charge in [-0.15, -0.1) is 0 Å². The Hall–Kier alpha value is -1.00. The fraction of sp³-hybridized carbons (Fsp3) is 0.538. The Morgan fingerprint density at radius 1 is 1.24 bits per heavy atom. The Morgan fingerprint density at radius 2 is 1.94 bits per heavy atom. The molecule has 2 aliphatic rings. The van der Waals surface area contributed by atoms with Crippen molar-refractivity contribution in [2.45, 2.75) is 18.3 Å². The first-order chi connectivity index (χ1) is 8.13. The number of aliphatic hydroxyl groups is 1. The summed E-state index contributed by atoms with van der Waals surface area (Å²) >= 11 is 0. The Kier molecular flexibility index (Phi) is 2.28. The molecule has 1 heterocycles. The van der Waals surface area contributed by atoms with Crippen molar-refractivity contribution in [3.05, 3.63) is 35.4 Å². The molecule has 1 aliphatic carbocycles. The maximum absolute atomic E-state index is 13.9. The van der Waals surface area contributed by atoms with Gasteiger partial charge in [0.2, 0.25) is 0 Å². The summed E-state index contributed by atoms with van der Waals surface area (Å²) in [6.45, 7) is 0.861. The summed E-state index contributed by atoms with van der Waals surface area (Å²) in [5, 5.41) is 9.51. The van der Waals surface area contributed by atoms with Crippen molar-refractivity contribution in [2.24, 2.45) is 5.41 Å². The van der Waals surface area contributed by atoms with E-state index in [0.29, 0.717) is 18.8 Å². The highest BCUT2D eigenvalue weighted by Crippen LogP contribution is 2.62. The molecule has 1 aliphatic heterocycles. The highest BCUT2D eigenvalue weighted by atomic mass is 19.1. The number of hydrogen-bond acceptors (Lipinski definition) is 2. The highest BCUT2D eigenvalue weighted by molar-refractivity contribution is 5.36. The average molecular weight is 240 g/mol. The van der Waals surface area contributed by atoms with Crippen LogP contribution in [0.2, 0.25) is 0 Å². The minimum atomic E-state index is -0.574. The van der Waals surface area contributed by atoms with Crippen LogP contribution in [0.3, 0.4) is 0 Å². The van der Waals surface area contributed by atoms with Gasteiger partial charge in [0.05, 0.1) is 18.6 Å². The number of ether oxygens (including phenoxy) is 1. The van der Waals surface area contributed by atoms with Gasteiger partial charge in [-0.05, 0) is 24.5 Å². The molecule has 1 saturated heterocycles. The molecule has 0 spiro atoms. The molecule has 0 atom stereocenters. The van der Waals surface area contributed by atoms with Crippen molar-refractivity contribution >= 4 is 0 Å². The summed E-state index contributed by atoms with van der Waals surface area (Å²) in [6, 6.07) is 3.66. The third-order valence-corrected chi connectivity index (χ3v) is 4.32. The lowest BCUT2D eigenvalue weighted by molar-refractivity contribution is -0.111. The van der Waals surface area contributed by atoms with Crippen molar-refractivity contribution in [3.8, 4) is 0 Å². The van der Waals surface area contributed by atoms with Gasteiger partial charge >= 0.3 is 0 Å². The molecular formula is C13H14F2O2. The van der Waals surface area contributed by atoms with Crippen LogP contribution in [-0.4, -0.2) is 24.9 Å². The Bertz CT molecular complexity index is 451. The highest BCUT2D eigenvalue weighted by Gasteiger charge is 2.64. The largest absolute Gasteiger partial charge is 0.396 e. The average Bonchev–Trinajstić information content (AvgIpc) is 3.01. The first-order valence-electron chi connectivity index (χ1n) is 5.78. The zero-order valence-corrected chi connectivity index (χ0v) is 9.38. The Balaban J connectivity index is 2.06. The van der Waals surface area contributed by atoms with E-state index in [-0.39, 0.29) is 12.0 Å². The first kappa shape index (κ1) is 11.1. The second kappa shape index (κ2) is 3.50. The van der Waals surface area contributed by atoms with Crippen LogP contribution in [0.1, 0.15) is 18.4 Å². The molecule has 2 nitrogen and oxygen atoms in total. The number of hydrogen-bond donors (Lipinski definition) is 1. The fourth-order valence-electron chi connectivity index (χ4n) is 2.87. The van der Waals surface area contributed by atoms with Crippen molar-refractivity contribution in [1.29, 1.82) is 0 Å².